The molecule has 0 amide bonds. The molecule has 0 N–H and O–H groups in total. The van der Waals surface area contributed by atoms with Gasteiger partial charge in [0.1, 0.15) is 0 Å². The number of hydrogen-bond donors (Lipinski definition) is 0. The molecule has 1 nitrogen and oxygen atoms in total. The van der Waals surface area contributed by atoms with Crippen molar-refractivity contribution in [3.63, 3.8) is 0 Å². The fourth-order valence-electron chi connectivity index (χ4n) is 1.82. The molecule has 0 aliphatic carbocycles. The van der Waals surface area contributed by atoms with Crippen LogP contribution in [0.1, 0.15) is 39.2 Å². The standard InChI is InChI=1S/C14H23N/c1-6-14(3,7-2)12-8-10-13(11-9-12)15(4)5/h8-11H,6-7H2,1-5H3. The molecule has 0 aliphatic rings. The van der Waals surface area contributed by atoms with E-state index in [4.69, 9.17) is 0 Å². The summed E-state index contributed by atoms with van der Waals surface area (Å²) in [5.41, 5.74) is 3.07. The van der Waals surface area contributed by atoms with Crippen LogP contribution < -0.4 is 4.90 Å². The molecular formula is C14H23N. The number of rotatable bonds is 4. The normalized spacial score (nSPS) is 11.5. The summed E-state index contributed by atoms with van der Waals surface area (Å²) < 4.78 is 0. The summed E-state index contributed by atoms with van der Waals surface area (Å²) in [6.45, 7) is 6.88. The van der Waals surface area contributed by atoms with Crippen molar-refractivity contribution in [1.29, 1.82) is 0 Å². The lowest BCUT2D eigenvalue weighted by Gasteiger charge is -2.28. The van der Waals surface area contributed by atoms with Gasteiger partial charge in [0.05, 0.1) is 0 Å². The first-order valence-corrected chi connectivity index (χ1v) is 5.81. The van der Waals surface area contributed by atoms with Gasteiger partial charge in [-0.3, -0.25) is 0 Å². The van der Waals surface area contributed by atoms with Crippen molar-refractivity contribution >= 4 is 5.69 Å². The number of anilines is 1. The van der Waals surface area contributed by atoms with Gasteiger partial charge in [-0.05, 0) is 36.0 Å². The molecule has 0 spiro atoms. The van der Waals surface area contributed by atoms with Crippen LogP contribution >= 0.6 is 0 Å². The minimum Gasteiger partial charge on any atom is -0.378 e. The summed E-state index contributed by atoms with van der Waals surface area (Å²) in [5.74, 6) is 0. The molecule has 1 heteroatoms. The molecule has 0 radical (unpaired) electrons. The largest absolute Gasteiger partial charge is 0.378 e. The molecule has 0 aliphatic heterocycles. The van der Waals surface area contributed by atoms with Crippen molar-refractivity contribution in [2.75, 3.05) is 19.0 Å². The third-order valence-corrected chi connectivity index (χ3v) is 3.64. The Hall–Kier alpha value is -0.980. The average Bonchev–Trinajstić information content (AvgIpc) is 2.28. The van der Waals surface area contributed by atoms with Crippen LogP contribution in [0.25, 0.3) is 0 Å². The monoisotopic (exact) mass is 205 g/mol. The van der Waals surface area contributed by atoms with Crippen molar-refractivity contribution in [3.8, 4) is 0 Å². The summed E-state index contributed by atoms with van der Waals surface area (Å²) in [6, 6.07) is 8.95. The smallest absolute Gasteiger partial charge is 0.0361 e. The Labute approximate surface area is 94.1 Å². The van der Waals surface area contributed by atoms with Crippen molar-refractivity contribution in [3.05, 3.63) is 29.8 Å². The van der Waals surface area contributed by atoms with E-state index in [0.717, 1.165) is 0 Å². The van der Waals surface area contributed by atoms with Gasteiger partial charge in [0.15, 0.2) is 0 Å². The minimum absolute atomic E-state index is 0.338. The van der Waals surface area contributed by atoms with E-state index in [2.05, 4.69) is 64.0 Å². The van der Waals surface area contributed by atoms with Gasteiger partial charge in [-0.15, -0.1) is 0 Å². The maximum Gasteiger partial charge on any atom is 0.0361 e. The SMILES string of the molecule is CCC(C)(CC)c1ccc(N(C)C)cc1. The minimum atomic E-state index is 0.338. The van der Waals surface area contributed by atoms with Gasteiger partial charge in [0, 0.05) is 19.8 Å². The second-order valence-electron chi connectivity index (χ2n) is 4.71. The van der Waals surface area contributed by atoms with Crippen molar-refractivity contribution in [1.82, 2.24) is 0 Å². The maximum absolute atomic E-state index is 2.34. The van der Waals surface area contributed by atoms with Gasteiger partial charge in [-0.2, -0.15) is 0 Å². The predicted octanol–water partition coefficient (Wildman–Crippen LogP) is 3.83. The highest BCUT2D eigenvalue weighted by Crippen LogP contribution is 2.31. The molecule has 0 saturated carbocycles. The van der Waals surface area contributed by atoms with E-state index < -0.39 is 0 Å². The van der Waals surface area contributed by atoms with Crippen LogP contribution in [-0.2, 0) is 5.41 Å². The summed E-state index contributed by atoms with van der Waals surface area (Å²) in [7, 11) is 4.15. The molecule has 0 fully saturated rings. The van der Waals surface area contributed by atoms with Crippen LogP contribution in [0.2, 0.25) is 0 Å². The van der Waals surface area contributed by atoms with Gasteiger partial charge >= 0.3 is 0 Å². The van der Waals surface area contributed by atoms with Crippen LogP contribution in [0, 0.1) is 0 Å². The second-order valence-corrected chi connectivity index (χ2v) is 4.71. The number of benzene rings is 1. The Morgan fingerprint density at radius 1 is 1.00 bits per heavy atom. The molecule has 15 heavy (non-hydrogen) atoms. The zero-order chi connectivity index (χ0) is 11.5. The van der Waals surface area contributed by atoms with Crippen molar-refractivity contribution < 1.29 is 0 Å². The first-order chi connectivity index (χ1) is 7.03. The lowest BCUT2D eigenvalue weighted by Crippen LogP contribution is -2.19. The first-order valence-electron chi connectivity index (χ1n) is 5.81. The average molecular weight is 205 g/mol. The van der Waals surface area contributed by atoms with E-state index in [1.807, 2.05) is 0 Å². The Morgan fingerprint density at radius 3 is 1.80 bits per heavy atom. The van der Waals surface area contributed by atoms with E-state index in [1.165, 1.54) is 24.1 Å². The van der Waals surface area contributed by atoms with Crippen LogP contribution in [0.5, 0.6) is 0 Å². The van der Waals surface area contributed by atoms with E-state index in [9.17, 15) is 0 Å². The highest BCUT2D eigenvalue weighted by Gasteiger charge is 2.21. The molecule has 84 valence electrons. The Morgan fingerprint density at radius 2 is 1.47 bits per heavy atom. The quantitative estimate of drug-likeness (QED) is 0.722. The third kappa shape index (κ3) is 2.53. The fraction of sp³-hybridized carbons (Fsp3) is 0.571. The lowest BCUT2D eigenvalue weighted by molar-refractivity contribution is 0.439. The van der Waals surface area contributed by atoms with Gasteiger partial charge in [0.2, 0.25) is 0 Å². The molecule has 1 aromatic carbocycles. The van der Waals surface area contributed by atoms with E-state index in [-0.39, 0.29) is 0 Å². The zero-order valence-corrected chi connectivity index (χ0v) is 10.7. The molecule has 0 aromatic heterocycles. The summed E-state index contributed by atoms with van der Waals surface area (Å²) in [6.07, 6.45) is 2.40. The zero-order valence-electron chi connectivity index (χ0n) is 10.7. The third-order valence-electron chi connectivity index (χ3n) is 3.64. The van der Waals surface area contributed by atoms with Crippen molar-refractivity contribution in [2.45, 2.75) is 39.0 Å². The first kappa shape index (κ1) is 12.1. The van der Waals surface area contributed by atoms with E-state index in [1.54, 1.807) is 0 Å². The molecule has 0 heterocycles. The molecule has 0 atom stereocenters. The molecular weight excluding hydrogens is 182 g/mol. The molecule has 0 saturated heterocycles. The van der Waals surface area contributed by atoms with Crippen LogP contribution in [0.15, 0.2) is 24.3 Å². The number of hydrogen-bond acceptors (Lipinski definition) is 1. The molecule has 0 unspecified atom stereocenters. The molecule has 1 aromatic rings. The maximum atomic E-state index is 2.34. The highest BCUT2D eigenvalue weighted by atomic mass is 15.1. The summed E-state index contributed by atoms with van der Waals surface area (Å²) in [5, 5.41) is 0. The summed E-state index contributed by atoms with van der Waals surface area (Å²) >= 11 is 0. The topological polar surface area (TPSA) is 3.24 Å². The van der Waals surface area contributed by atoms with E-state index >= 15 is 0 Å². The Kier molecular flexibility index (Phi) is 3.78. The predicted molar refractivity (Wildman–Crippen MR) is 68.7 cm³/mol. The lowest BCUT2D eigenvalue weighted by atomic mass is 9.78. The van der Waals surface area contributed by atoms with Gasteiger partial charge < -0.3 is 4.90 Å². The Balaban J connectivity index is 2.97. The van der Waals surface area contributed by atoms with Crippen LogP contribution in [0.4, 0.5) is 5.69 Å². The molecule has 0 bridgehead atoms. The van der Waals surface area contributed by atoms with Gasteiger partial charge in [0.25, 0.3) is 0 Å². The van der Waals surface area contributed by atoms with Gasteiger partial charge in [-0.25, -0.2) is 0 Å². The molecule has 1 rings (SSSR count). The van der Waals surface area contributed by atoms with Crippen LogP contribution in [0.3, 0.4) is 0 Å². The second kappa shape index (κ2) is 4.69. The van der Waals surface area contributed by atoms with Crippen molar-refractivity contribution in [2.24, 2.45) is 0 Å². The summed E-state index contributed by atoms with van der Waals surface area (Å²) in [4.78, 5) is 2.14. The van der Waals surface area contributed by atoms with E-state index in [0.29, 0.717) is 5.41 Å². The number of nitrogens with zero attached hydrogens (tertiary/aromatic N) is 1. The highest BCUT2D eigenvalue weighted by molar-refractivity contribution is 5.47. The Bertz CT molecular complexity index is 294. The van der Waals surface area contributed by atoms with Crippen LogP contribution in [-0.4, -0.2) is 14.1 Å². The fourth-order valence-corrected chi connectivity index (χ4v) is 1.82. The van der Waals surface area contributed by atoms with Gasteiger partial charge in [-0.1, -0.05) is 32.9 Å².